The molecule has 0 spiro atoms. The van der Waals surface area contributed by atoms with Crippen LogP contribution < -0.4 is 5.32 Å². The van der Waals surface area contributed by atoms with E-state index in [9.17, 15) is 0 Å². The van der Waals surface area contributed by atoms with Crippen LogP contribution in [0.1, 0.15) is 50.5 Å². The van der Waals surface area contributed by atoms with Crippen LogP contribution in [0.3, 0.4) is 0 Å². The highest BCUT2D eigenvalue weighted by Gasteiger charge is 2.20. The van der Waals surface area contributed by atoms with Crippen molar-refractivity contribution < 1.29 is 0 Å². The van der Waals surface area contributed by atoms with Crippen molar-refractivity contribution in [1.82, 2.24) is 5.32 Å². The standard InChI is InChI=1S/C15H25NS/c1-16-15(11-13-9-10-17-12-13)14-7-5-3-2-4-6-8-14/h9-10,12,14-16H,2-8,11H2,1H3. The van der Waals surface area contributed by atoms with Crippen molar-refractivity contribution in [2.75, 3.05) is 7.05 Å². The summed E-state index contributed by atoms with van der Waals surface area (Å²) in [5, 5.41) is 8.06. The van der Waals surface area contributed by atoms with Crippen LogP contribution in [0, 0.1) is 5.92 Å². The molecule has 0 saturated heterocycles. The summed E-state index contributed by atoms with van der Waals surface area (Å²) in [5.74, 6) is 0.889. The van der Waals surface area contributed by atoms with Gasteiger partial charge in [-0.3, -0.25) is 0 Å². The summed E-state index contributed by atoms with van der Waals surface area (Å²) < 4.78 is 0. The average molecular weight is 251 g/mol. The van der Waals surface area contributed by atoms with Crippen LogP contribution in [-0.2, 0) is 6.42 Å². The van der Waals surface area contributed by atoms with E-state index in [4.69, 9.17) is 0 Å². The molecular formula is C15H25NS. The zero-order chi connectivity index (χ0) is 11.9. The van der Waals surface area contributed by atoms with Crippen LogP contribution in [-0.4, -0.2) is 13.1 Å². The van der Waals surface area contributed by atoms with E-state index in [2.05, 4.69) is 29.2 Å². The maximum Gasteiger partial charge on any atom is 0.0133 e. The van der Waals surface area contributed by atoms with Crippen molar-refractivity contribution in [3.05, 3.63) is 22.4 Å². The summed E-state index contributed by atoms with van der Waals surface area (Å²) in [4.78, 5) is 0. The molecule has 1 aliphatic rings. The lowest BCUT2D eigenvalue weighted by atomic mass is 9.84. The number of hydrogen-bond donors (Lipinski definition) is 1. The molecule has 1 nitrogen and oxygen atoms in total. The van der Waals surface area contributed by atoms with Gasteiger partial charge < -0.3 is 5.32 Å². The molecule has 96 valence electrons. The normalized spacial score (nSPS) is 20.8. The van der Waals surface area contributed by atoms with Crippen LogP contribution in [0.2, 0.25) is 0 Å². The van der Waals surface area contributed by atoms with Crippen LogP contribution in [0.5, 0.6) is 0 Å². The Morgan fingerprint density at radius 2 is 1.94 bits per heavy atom. The summed E-state index contributed by atoms with van der Waals surface area (Å²) in [6, 6.07) is 2.96. The fourth-order valence-corrected chi connectivity index (χ4v) is 3.74. The molecule has 0 amide bonds. The second-order valence-electron chi connectivity index (χ2n) is 5.34. The summed E-state index contributed by atoms with van der Waals surface area (Å²) >= 11 is 1.82. The maximum absolute atomic E-state index is 3.56. The maximum atomic E-state index is 3.56. The number of likely N-dealkylation sites (N-methyl/N-ethyl adjacent to an activating group) is 1. The van der Waals surface area contributed by atoms with E-state index in [-0.39, 0.29) is 0 Å². The van der Waals surface area contributed by atoms with Crippen LogP contribution in [0.15, 0.2) is 16.8 Å². The highest BCUT2D eigenvalue weighted by molar-refractivity contribution is 7.07. The predicted molar refractivity (Wildman–Crippen MR) is 76.7 cm³/mol. The van der Waals surface area contributed by atoms with Gasteiger partial charge in [0.1, 0.15) is 0 Å². The predicted octanol–water partition coefficient (Wildman–Crippen LogP) is 4.24. The Bertz CT molecular complexity index is 286. The molecule has 1 aromatic rings. The van der Waals surface area contributed by atoms with Gasteiger partial charge in [0.2, 0.25) is 0 Å². The molecule has 2 heteroatoms. The molecule has 0 radical (unpaired) electrons. The van der Waals surface area contributed by atoms with Crippen molar-refractivity contribution in [2.45, 2.75) is 57.4 Å². The van der Waals surface area contributed by atoms with E-state index in [1.807, 2.05) is 11.3 Å². The summed E-state index contributed by atoms with van der Waals surface area (Å²) in [7, 11) is 2.13. The van der Waals surface area contributed by atoms with E-state index in [1.165, 1.54) is 56.9 Å². The minimum absolute atomic E-state index is 0.683. The van der Waals surface area contributed by atoms with Gasteiger partial charge in [-0.2, -0.15) is 11.3 Å². The van der Waals surface area contributed by atoms with Crippen molar-refractivity contribution in [2.24, 2.45) is 5.92 Å². The van der Waals surface area contributed by atoms with Gasteiger partial charge in [0.15, 0.2) is 0 Å². The number of hydrogen-bond acceptors (Lipinski definition) is 2. The fourth-order valence-electron chi connectivity index (χ4n) is 3.06. The van der Waals surface area contributed by atoms with Gasteiger partial charge in [-0.05, 0) is 54.6 Å². The molecule has 1 fully saturated rings. The third-order valence-corrected chi connectivity index (χ3v) is 4.86. The first-order valence-corrected chi connectivity index (χ1v) is 8.03. The monoisotopic (exact) mass is 251 g/mol. The molecule has 1 atom stereocenters. The van der Waals surface area contributed by atoms with E-state index >= 15 is 0 Å². The van der Waals surface area contributed by atoms with Crippen LogP contribution >= 0.6 is 11.3 Å². The second-order valence-corrected chi connectivity index (χ2v) is 6.12. The highest BCUT2D eigenvalue weighted by Crippen LogP contribution is 2.26. The van der Waals surface area contributed by atoms with Gasteiger partial charge >= 0.3 is 0 Å². The third-order valence-electron chi connectivity index (χ3n) is 4.13. The van der Waals surface area contributed by atoms with Gasteiger partial charge in [0.25, 0.3) is 0 Å². The molecular weight excluding hydrogens is 226 g/mol. The van der Waals surface area contributed by atoms with Gasteiger partial charge in [-0.15, -0.1) is 0 Å². The lowest BCUT2D eigenvalue weighted by Gasteiger charge is -2.28. The largest absolute Gasteiger partial charge is 0.316 e. The Morgan fingerprint density at radius 3 is 2.53 bits per heavy atom. The van der Waals surface area contributed by atoms with E-state index in [0.29, 0.717) is 6.04 Å². The third kappa shape index (κ3) is 4.11. The molecule has 1 saturated carbocycles. The van der Waals surface area contributed by atoms with Gasteiger partial charge in [-0.25, -0.2) is 0 Å². The number of thiophene rings is 1. The number of nitrogens with one attached hydrogen (secondary N) is 1. The molecule has 1 aromatic heterocycles. The van der Waals surface area contributed by atoms with Crippen LogP contribution in [0.4, 0.5) is 0 Å². The minimum Gasteiger partial charge on any atom is -0.316 e. The topological polar surface area (TPSA) is 12.0 Å². The summed E-state index contributed by atoms with van der Waals surface area (Å²) in [6.07, 6.45) is 11.3. The van der Waals surface area contributed by atoms with Crippen molar-refractivity contribution in [3.63, 3.8) is 0 Å². The first-order chi connectivity index (χ1) is 8.40. The first-order valence-electron chi connectivity index (χ1n) is 7.08. The molecule has 17 heavy (non-hydrogen) atoms. The SMILES string of the molecule is CNC(Cc1ccsc1)C1CCCCCCC1. The van der Waals surface area contributed by atoms with E-state index in [1.54, 1.807) is 0 Å². The zero-order valence-electron chi connectivity index (χ0n) is 11.0. The Labute approximate surface area is 110 Å². The van der Waals surface area contributed by atoms with Crippen molar-refractivity contribution in [1.29, 1.82) is 0 Å². The lowest BCUT2D eigenvalue weighted by molar-refractivity contribution is 0.294. The molecule has 2 rings (SSSR count). The van der Waals surface area contributed by atoms with Gasteiger partial charge in [0, 0.05) is 6.04 Å². The van der Waals surface area contributed by atoms with Crippen molar-refractivity contribution in [3.8, 4) is 0 Å². The quantitative estimate of drug-likeness (QED) is 0.844. The second kappa shape index (κ2) is 7.17. The average Bonchev–Trinajstić information content (AvgIpc) is 2.79. The summed E-state index contributed by atoms with van der Waals surface area (Å²) in [6.45, 7) is 0. The van der Waals surface area contributed by atoms with Crippen molar-refractivity contribution >= 4 is 11.3 Å². The summed E-state index contributed by atoms with van der Waals surface area (Å²) in [5.41, 5.74) is 1.51. The molecule has 1 heterocycles. The lowest BCUT2D eigenvalue weighted by Crippen LogP contribution is -2.35. The van der Waals surface area contributed by atoms with E-state index < -0.39 is 0 Å². The fraction of sp³-hybridized carbons (Fsp3) is 0.733. The minimum atomic E-state index is 0.683. The van der Waals surface area contributed by atoms with Crippen LogP contribution in [0.25, 0.3) is 0 Å². The van der Waals surface area contributed by atoms with Gasteiger partial charge in [0.05, 0.1) is 0 Å². The molecule has 1 unspecified atom stereocenters. The van der Waals surface area contributed by atoms with E-state index in [0.717, 1.165) is 5.92 Å². The molecule has 0 aliphatic heterocycles. The smallest absolute Gasteiger partial charge is 0.0133 e. The number of rotatable bonds is 4. The highest BCUT2D eigenvalue weighted by atomic mass is 32.1. The molecule has 0 aromatic carbocycles. The Morgan fingerprint density at radius 1 is 1.24 bits per heavy atom. The molecule has 0 bridgehead atoms. The van der Waals surface area contributed by atoms with Gasteiger partial charge in [-0.1, -0.05) is 32.1 Å². The Hall–Kier alpha value is -0.340. The zero-order valence-corrected chi connectivity index (χ0v) is 11.8. The Kier molecular flexibility index (Phi) is 5.53. The first kappa shape index (κ1) is 13.1. The molecule has 1 aliphatic carbocycles. The Balaban J connectivity index is 1.90. The molecule has 1 N–H and O–H groups in total.